The number of rotatable bonds is 4. The van der Waals surface area contributed by atoms with Gasteiger partial charge in [-0.25, -0.2) is 9.97 Å². The molecule has 0 aliphatic heterocycles. The van der Waals surface area contributed by atoms with Crippen molar-refractivity contribution in [2.45, 2.75) is 38.5 Å². The van der Waals surface area contributed by atoms with Gasteiger partial charge in [0.2, 0.25) is 0 Å². The van der Waals surface area contributed by atoms with Crippen LogP contribution >= 0.6 is 22.7 Å². The van der Waals surface area contributed by atoms with Crippen molar-refractivity contribution in [2.75, 3.05) is 0 Å². The minimum Gasteiger partial charge on any atom is -0.507 e. The first-order valence-electron chi connectivity index (χ1n) is 20.9. The number of para-hydroxylation sites is 2. The predicted molar refractivity (Wildman–Crippen MR) is 259 cm³/mol. The van der Waals surface area contributed by atoms with Crippen molar-refractivity contribution in [1.29, 1.82) is 0 Å². The average molecular weight is 904 g/mol. The van der Waals surface area contributed by atoms with E-state index in [1.165, 1.54) is 44.5 Å². The first kappa shape index (κ1) is 40.8. The van der Waals surface area contributed by atoms with Crippen LogP contribution in [0.1, 0.15) is 49.9 Å². The molecule has 2 heterocycles. The molecule has 2 aliphatic rings. The normalized spacial score (nSPS) is 13.7. The molecule has 2 aromatic heterocycles. The number of nitrogens with zero attached hydrogens (tertiary/aromatic N) is 2. The van der Waals surface area contributed by atoms with Gasteiger partial charge in [0.25, 0.3) is 0 Å². The summed E-state index contributed by atoms with van der Waals surface area (Å²) in [5.41, 5.74) is 18.6. The number of phenols is 2. The van der Waals surface area contributed by atoms with Crippen LogP contribution in [0.3, 0.4) is 0 Å². The number of hydrogen-bond acceptors (Lipinski definition) is 6. The fraction of sp³-hybridized carbons (Fsp3) is 0.107. The smallest absolute Gasteiger partial charge is 0.128 e. The molecule has 0 saturated carbocycles. The van der Waals surface area contributed by atoms with Crippen LogP contribution in [-0.2, 0) is 30.3 Å². The van der Waals surface area contributed by atoms with Crippen LogP contribution in [0.25, 0.3) is 86.1 Å². The van der Waals surface area contributed by atoms with E-state index < -0.39 is 0 Å². The Morgan fingerprint density at radius 1 is 0.365 bits per heavy atom. The summed E-state index contributed by atoms with van der Waals surface area (Å²) in [7, 11) is 0. The van der Waals surface area contributed by atoms with Gasteiger partial charge >= 0.3 is 0 Å². The molecule has 0 atom stereocenters. The van der Waals surface area contributed by atoms with Crippen LogP contribution < -0.4 is 0 Å². The minimum absolute atomic E-state index is 0. The Balaban J connectivity index is 0.000000147. The maximum Gasteiger partial charge on any atom is 0.128 e. The topological polar surface area (TPSA) is 66.2 Å². The number of aromatic nitrogens is 2. The molecule has 2 aliphatic carbocycles. The summed E-state index contributed by atoms with van der Waals surface area (Å²) >= 11 is 3.22. The van der Waals surface area contributed by atoms with Crippen LogP contribution in [-0.4, -0.2) is 20.2 Å². The van der Waals surface area contributed by atoms with Crippen LogP contribution in [0.2, 0.25) is 0 Å². The van der Waals surface area contributed by atoms with E-state index in [1.54, 1.807) is 34.8 Å². The van der Waals surface area contributed by atoms with Gasteiger partial charge in [-0.2, -0.15) is 0 Å². The van der Waals surface area contributed by atoms with E-state index in [4.69, 9.17) is 9.97 Å². The van der Waals surface area contributed by atoms with Crippen molar-refractivity contribution in [2.24, 2.45) is 0 Å². The summed E-state index contributed by atoms with van der Waals surface area (Å²) in [6, 6.07) is 58.7. The summed E-state index contributed by atoms with van der Waals surface area (Å²) in [4.78, 5) is 9.49. The van der Waals surface area contributed by atoms with E-state index in [0.717, 1.165) is 63.8 Å². The van der Waals surface area contributed by atoms with Crippen molar-refractivity contribution in [3.8, 4) is 77.1 Å². The molecule has 0 fully saturated rings. The molecule has 302 valence electrons. The van der Waals surface area contributed by atoms with Crippen molar-refractivity contribution in [3.05, 3.63) is 192 Å². The second-order valence-electron chi connectivity index (χ2n) is 17.3. The molecule has 2 N–H and O–H groups in total. The monoisotopic (exact) mass is 902 g/mol. The van der Waals surface area contributed by atoms with Gasteiger partial charge in [0.1, 0.15) is 21.5 Å². The molecule has 8 aromatic carbocycles. The molecule has 0 unspecified atom stereocenters. The molecule has 0 bridgehead atoms. The standard InChI is InChI=1S/2C28H21NOS.Zn/c2*1-28(2)22-8-4-3-7-19(22)20-13-11-18(16-23(20)28)17-12-14-25(30)21(15-17)27-29-24-9-5-6-10-26(24)31-27;/h2*3-16,30H,1-2H3;. The van der Waals surface area contributed by atoms with Gasteiger partial charge in [0.05, 0.1) is 31.6 Å². The molecular weight excluding hydrogens is 862 g/mol. The predicted octanol–water partition coefficient (Wildman–Crippen LogP) is 15.3. The molecule has 0 amide bonds. The van der Waals surface area contributed by atoms with Crippen molar-refractivity contribution in [1.82, 2.24) is 9.97 Å². The third-order valence-corrected chi connectivity index (χ3v) is 15.0. The molecule has 4 nitrogen and oxygen atoms in total. The Kier molecular flexibility index (Phi) is 10.1. The Bertz CT molecular complexity index is 3120. The van der Waals surface area contributed by atoms with Crippen molar-refractivity contribution >= 4 is 43.1 Å². The fourth-order valence-corrected chi connectivity index (χ4v) is 11.5. The number of phenolic OH excluding ortho intramolecular Hbond substituents is 2. The van der Waals surface area contributed by atoms with Crippen molar-refractivity contribution in [3.63, 3.8) is 0 Å². The Morgan fingerprint density at radius 2 is 0.714 bits per heavy atom. The summed E-state index contributed by atoms with van der Waals surface area (Å²) < 4.78 is 2.25. The zero-order chi connectivity index (χ0) is 42.3. The van der Waals surface area contributed by atoms with Gasteiger partial charge in [0, 0.05) is 30.3 Å². The van der Waals surface area contributed by atoms with Crippen LogP contribution in [0.5, 0.6) is 11.5 Å². The average Bonchev–Trinajstić information content (AvgIpc) is 4.04. The first-order chi connectivity index (χ1) is 30.0. The third-order valence-electron chi connectivity index (χ3n) is 12.9. The number of thiazole rings is 2. The van der Waals surface area contributed by atoms with Gasteiger partial charge in [-0.3, -0.25) is 0 Å². The van der Waals surface area contributed by atoms with E-state index in [9.17, 15) is 10.2 Å². The van der Waals surface area contributed by atoms with E-state index in [1.807, 2.05) is 48.5 Å². The zero-order valence-electron chi connectivity index (χ0n) is 35.5. The number of benzene rings is 8. The quantitative estimate of drug-likeness (QED) is 0.173. The molecule has 0 saturated heterocycles. The largest absolute Gasteiger partial charge is 0.507 e. The summed E-state index contributed by atoms with van der Waals surface area (Å²) in [5, 5.41) is 22.9. The Morgan fingerprint density at radius 3 is 1.14 bits per heavy atom. The van der Waals surface area contributed by atoms with Crippen LogP contribution in [0, 0.1) is 0 Å². The van der Waals surface area contributed by atoms with E-state index in [2.05, 4.69) is 137 Å². The van der Waals surface area contributed by atoms with Gasteiger partial charge in [-0.1, -0.05) is 137 Å². The molecule has 63 heavy (non-hydrogen) atoms. The Hall–Kier alpha value is -6.24. The minimum atomic E-state index is -0.0330. The van der Waals surface area contributed by atoms with Crippen LogP contribution in [0.15, 0.2) is 170 Å². The number of hydrogen-bond donors (Lipinski definition) is 2. The number of aromatic hydroxyl groups is 2. The Labute approximate surface area is 388 Å². The molecular formula is C56H42N2O2S2Zn. The van der Waals surface area contributed by atoms with E-state index in [0.29, 0.717) is 0 Å². The fourth-order valence-electron chi connectivity index (χ4n) is 9.52. The molecule has 0 radical (unpaired) electrons. The van der Waals surface area contributed by atoms with Gasteiger partial charge in [-0.15, -0.1) is 22.7 Å². The summed E-state index contributed by atoms with van der Waals surface area (Å²) in [5.74, 6) is 0.522. The SMILES string of the molecule is CC1(C)c2ccccc2-c2ccc(-c3ccc(O)c(-c4nc5ccccc5s4)c3)cc21.CC1(C)c2ccccc2-c2ccc(-c3ccc(O)c(-c4nc5ccccc5s4)c3)cc21.[Zn]. The zero-order valence-corrected chi connectivity index (χ0v) is 40.1. The maximum absolute atomic E-state index is 10.6. The van der Waals surface area contributed by atoms with E-state index >= 15 is 0 Å². The number of fused-ring (bicyclic) bond motifs is 8. The molecule has 7 heteroatoms. The summed E-state index contributed by atoms with van der Waals surface area (Å²) in [6.45, 7) is 9.19. The molecule has 0 spiro atoms. The molecule has 10 aromatic rings. The van der Waals surface area contributed by atoms with Gasteiger partial charge in [0.15, 0.2) is 0 Å². The maximum atomic E-state index is 10.6. The van der Waals surface area contributed by atoms with Crippen LogP contribution in [0.4, 0.5) is 0 Å². The second-order valence-corrected chi connectivity index (χ2v) is 19.4. The van der Waals surface area contributed by atoms with E-state index in [-0.39, 0.29) is 41.8 Å². The molecule has 12 rings (SSSR count). The van der Waals surface area contributed by atoms with Crippen molar-refractivity contribution < 1.29 is 29.7 Å². The van der Waals surface area contributed by atoms with Gasteiger partial charge in [-0.05, 0) is 127 Å². The first-order valence-corrected chi connectivity index (χ1v) is 22.6. The van der Waals surface area contributed by atoms with Gasteiger partial charge < -0.3 is 10.2 Å². The second kappa shape index (κ2) is 15.5. The summed E-state index contributed by atoms with van der Waals surface area (Å²) in [6.07, 6.45) is 0. The third kappa shape index (κ3) is 6.82.